The Hall–Kier alpha value is 1.38. The Kier molecular flexibility index (Phi) is 9.68. The Morgan fingerprint density at radius 3 is 1.33 bits per heavy atom. The molecule has 0 aliphatic heterocycles. The van der Waals surface area contributed by atoms with Crippen molar-refractivity contribution in [3.05, 3.63) is 0 Å². The van der Waals surface area contributed by atoms with E-state index >= 15 is 0 Å². The van der Waals surface area contributed by atoms with Crippen LogP contribution < -0.4 is 11.5 Å². The van der Waals surface area contributed by atoms with E-state index < -0.39 is 0 Å². The number of halogens is 2. The Labute approximate surface area is 196 Å². The van der Waals surface area contributed by atoms with Crippen molar-refractivity contribution in [1.82, 2.24) is 0 Å². The van der Waals surface area contributed by atoms with Crippen molar-refractivity contribution >= 4 is 45.2 Å². The number of hydrogen-bond acceptors (Lipinski definition) is 2. The third-order valence-electron chi connectivity index (χ3n) is 8.38. The molecule has 0 radical (unpaired) electrons. The van der Waals surface area contributed by atoms with Gasteiger partial charge in [0.05, 0.1) is 0 Å². The molecule has 2 rings (SSSR count). The molecule has 2 nitrogen and oxygen atoms in total. The van der Waals surface area contributed by atoms with E-state index in [0.717, 1.165) is 0 Å². The summed E-state index contributed by atoms with van der Waals surface area (Å²) in [5.41, 5.74) is 15.3. The number of alkyl halides is 2. The Morgan fingerprint density at radius 1 is 0.630 bits per heavy atom. The van der Waals surface area contributed by atoms with Crippen molar-refractivity contribution < 1.29 is 0 Å². The molecular formula is C23H44I2N2. The summed E-state index contributed by atoms with van der Waals surface area (Å²) in [7, 11) is 0. The van der Waals surface area contributed by atoms with Gasteiger partial charge < -0.3 is 11.5 Å². The van der Waals surface area contributed by atoms with Crippen LogP contribution in [0.15, 0.2) is 0 Å². The molecule has 160 valence electrons. The lowest BCUT2D eigenvalue weighted by atomic mass is 9.47. The van der Waals surface area contributed by atoms with Crippen molar-refractivity contribution in [3.63, 3.8) is 0 Å². The topological polar surface area (TPSA) is 52.0 Å². The fraction of sp³-hybridized carbons (Fsp3) is 1.00. The van der Waals surface area contributed by atoms with Gasteiger partial charge in [0.1, 0.15) is 0 Å². The molecule has 0 aromatic carbocycles. The Balaban J connectivity index is 2.47. The molecule has 27 heavy (non-hydrogen) atoms. The molecular weight excluding hydrogens is 558 g/mol. The standard InChI is InChI=1S/C23H44I2N2/c1-3-9-20(11-5-7-13-22(20,26)15-17-24)19-21(10-4-2)12-6-8-14-23(21,27)16-18-25/h3-19,26-27H2,1-2H3. The maximum absolute atomic E-state index is 7.32. The summed E-state index contributed by atoms with van der Waals surface area (Å²) in [5.74, 6) is 0. The number of hydrogen-bond donors (Lipinski definition) is 2. The van der Waals surface area contributed by atoms with Crippen LogP contribution in [0.5, 0.6) is 0 Å². The van der Waals surface area contributed by atoms with Gasteiger partial charge in [0.15, 0.2) is 0 Å². The highest BCUT2D eigenvalue weighted by molar-refractivity contribution is 14.1. The van der Waals surface area contributed by atoms with E-state index in [9.17, 15) is 0 Å². The minimum Gasteiger partial charge on any atom is -0.325 e. The average Bonchev–Trinajstić information content (AvgIpc) is 2.61. The molecule has 0 aromatic rings. The lowest BCUT2D eigenvalue weighted by Crippen LogP contribution is -2.64. The highest BCUT2D eigenvalue weighted by Gasteiger charge is 2.57. The SMILES string of the molecule is CCCC1(CC2(CCC)CCCCC2(N)CCI)CCCCC1(N)CCI. The van der Waals surface area contributed by atoms with Gasteiger partial charge >= 0.3 is 0 Å². The van der Waals surface area contributed by atoms with Crippen LogP contribution in [0.4, 0.5) is 0 Å². The van der Waals surface area contributed by atoms with Crippen molar-refractivity contribution in [1.29, 1.82) is 0 Å². The molecule has 0 amide bonds. The van der Waals surface area contributed by atoms with Gasteiger partial charge in [-0.2, -0.15) is 0 Å². The third-order valence-corrected chi connectivity index (χ3v) is 9.46. The summed E-state index contributed by atoms with van der Waals surface area (Å²) in [4.78, 5) is 0. The van der Waals surface area contributed by atoms with Gasteiger partial charge in [-0.25, -0.2) is 0 Å². The monoisotopic (exact) mass is 602 g/mol. The molecule has 4 atom stereocenters. The van der Waals surface area contributed by atoms with Crippen LogP contribution in [0.3, 0.4) is 0 Å². The second-order valence-electron chi connectivity index (χ2n) is 9.84. The van der Waals surface area contributed by atoms with Gasteiger partial charge in [0.2, 0.25) is 0 Å². The molecule has 0 spiro atoms. The average molecular weight is 602 g/mol. The van der Waals surface area contributed by atoms with Gasteiger partial charge in [0.25, 0.3) is 0 Å². The van der Waals surface area contributed by atoms with E-state index in [2.05, 4.69) is 59.0 Å². The van der Waals surface area contributed by atoms with Gasteiger partial charge in [-0.1, -0.05) is 97.6 Å². The fourth-order valence-electron chi connectivity index (χ4n) is 7.01. The fourth-order valence-corrected chi connectivity index (χ4v) is 8.94. The summed E-state index contributed by atoms with van der Waals surface area (Å²) >= 11 is 5.10. The van der Waals surface area contributed by atoms with Crippen LogP contribution in [-0.4, -0.2) is 19.9 Å². The van der Waals surface area contributed by atoms with E-state index in [-0.39, 0.29) is 11.1 Å². The van der Waals surface area contributed by atoms with E-state index in [0.29, 0.717) is 10.8 Å². The molecule has 4 heteroatoms. The molecule has 0 heterocycles. The zero-order valence-electron chi connectivity index (χ0n) is 17.9. The molecule has 0 bridgehead atoms. The van der Waals surface area contributed by atoms with Gasteiger partial charge in [-0.05, 0) is 68.6 Å². The molecule has 2 fully saturated rings. The molecule has 0 aromatic heterocycles. The third kappa shape index (κ3) is 5.00. The van der Waals surface area contributed by atoms with Crippen LogP contribution in [0.25, 0.3) is 0 Å². The minimum atomic E-state index is 0.0197. The second kappa shape index (κ2) is 10.6. The molecule has 2 aliphatic rings. The van der Waals surface area contributed by atoms with Crippen molar-refractivity contribution in [2.75, 3.05) is 8.86 Å². The second-order valence-corrected chi connectivity index (χ2v) is 12.0. The summed E-state index contributed by atoms with van der Waals surface area (Å²) in [6, 6.07) is 0. The van der Waals surface area contributed by atoms with Crippen LogP contribution in [0.1, 0.15) is 110 Å². The lowest BCUT2D eigenvalue weighted by Gasteiger charge is -2.61. The normalized spacial score (nSPS) is 40.2. The van der Waals surface area contributed by atoms with E-state index in [1.807, 2.05) is 0 Å². The smallest absolute Gasteiger partial charge is 0.0218 e. The first-order chi connectivity index (χ1) is 12.9. The molecule has 2 aliphatic carbocycles. The van der Waals surface area contributed by atoms with Gasteiger partial charge in [-0.3, -0.25) is 0 Å². The first kappa shape index (κ1) is 24.6. The highest BCUT2D eigenvalue weighted by Crippen LogP contribution is 2.60. The van der Waals surface area contributed by atoms with Gasteiger partial charge in [-0.15, -0.1) is 0 Å². The zero-order chi connectivity index (χ0) is 20.0. The first-order valence-corrected chi connectivity index (χ1v) is 14.6. The maximum atomic E-state index is 7.32. The summed E-state index contributed by atoms with van der Waals surface area (Å²) in [5, 5.41) is 0. The number of rotatable bonds is 10. The van der Waals surface area contributed by atoms with Crippen LogP contribution in [0.2, 0.25) is 0 Å². The lowest BCUT2D eigenvalue weighted by molar-refractivity contribution is -0.0590. The molecule has 2 saturated carbocycles. The molecule has 0 saturated heterocycles. The van der Waals surface area contributed by atoms with Crippen molar-refractivity contribution in [3.8, 4) is 0 Å². The Morgan fingerprint density at radius 2 is 1.00 bits per heavy atom. The van der Waals surface area contributed by atoms with Gasteiger partial charge in [0, 0.05) is 19.9 Å². The molecule has 4 N–H and O–H groups in total. The van der Waals surface area contributed by atoms with Crippen molar-refractivity contribution in [2.45, 2.75) is 121 Å². The summed E-state index contributed by atoms with van der Waals surface area (Å²) in [6.45, 7) is 4.74. The van der Waals surface area contributed by atoms with E-state index in [4.69, 9.17) is 11.5 Å². The minimum absolute atomic E-state index is 0.0197. The summed E-state index contributed by atoms with van der Waals surface area (Å²) < 4.78 is 2.37. The summed E-state index contributed by atoms with van der Waals surface area (Å²) in [6.07, 6.45) is 19.3. The van der Waals surface area contributed by atoms with E-state index in [1.54, 1.807) is 0 Å². The quantitative estimate of drug-likeness (QED) is 0.206. The maximum Gasteiger partial charge on any atom is 0.0218 e. The zero-order valence-corrected chi connectivity index (χ0v) is 22.2. The first-order valence-electron chi connectivity index (χ1n) is 11.6. The van der Waals surface area contributed by atoms with Crippen LogP contribution in [-0.2, 0) is 0 Å². The van der Waals surface area contributed by atoms with Crippen molar-refractivity contribution in [2.24, 2.45) is 22.3 Å². The predicted octanol–water partition coefficient (Wildman–Crippen LogP) is 7.14. The largest absolute Gasteiger partial charge is 0.325 e. The van der Waals surface area contributed by atoms with E-state index in [1.165, 1.54) is 105 Å². The van der Waals surface area contributed by atoms with Crippen LogP contribution in [0, 0.1) is 10.8 Å². The highest BCUT2D eigenvalue weighted by atomic mass is 127. The Bertz CT molecular complexity index is 404. The number of nitrogens with two attached hydrogens (primary N) is 2. The molecule has 4 unspecified atom stereocenters. The van der Waals surface area contributed by atoms with Crippen LogP contribution >= 0.6 is 45.2 Å². The predicted molar refractivity (Wildman–Crippen MR) is 137 cm³/mol.